The Kier molecular flexibility index (Phi) is 6.07. The first kappa shape index (κ1) is 22.8. The molecule has 1 aromatic heterocycles. The molecule has 3 aromatic carbocycles. The number of carbonyl (C=O) groups excluding carboxylic acids is 1. The lowest BCUT2D eigenvalue weighted by Crippen LogP contribution is -2.42. The third-order valence-corrected chi connectivity index (χ3v) is 6.33. The zero-order chi connectivity index (χ0) is 24.5. The van der Waals surface area contributed by atoms with E-state index in [4.69, 9.17) is 9.15 Å². The number of hydrogen-bond acceptors (Lipinski definition) is 4. The lowest BCUT2D eigenvalue weighted by atomic mass is 10.0. The number of para-hydroxylation sites is 1. The van der Waals surface area contributed by atoms with Gasteiger partial charge in [-0.3, -0.25) is 9.59 Å². The molecule has 1 fully saturated rings. The predicted octanol–water partition coefficient (Wildman–Crippen LogP) is 5.73. The monoisotopic (exact) mass is 475 g/mol. The maximum atomic E-state index is 13.9. The molecule has 5 rings (SSSR count). The first-order valence-corrected chi connectivity index (χ1v) is 11.4. The van der Waals surface area contributed by atoms with Crippen LogP contribution in [-0.2, 0) is 0 Å². The number of piperidine rings is 1. The molecule has 1 aliphatic heterocycles. The van der Waals surface area contributed by atoms with E-state index < -0.39 is 11.6 Å². The standard InChI is InChI=1S/C28H23F2NO4/c1-17-25(32)21-8-5-9-22(27(21)35-26(17)18-6-3-2-4-7-18)28(33)31-14-12-20(13-15-31)34-24-11-10-19(29)16-23(24)30/h2-11,16,20H,12-15H2,1H3. The predicted molar refractivity (Wildman–Crippen MR) is 129 cm³/mol. The van der Waals surface area contributed by atoms with Crippen LogP contribution in [0.5, 0.6) is 5.75 Å². The molecule has 0 spiro atoms. The van der Waals surface area contributed by atoms with Gasteiger partial charge >= 0.3 is 0 Å². The largest absolute Gasteiger partial charge is 0.487 e. The summed E-state index contributed by atoms with van der Waals surface area (Å²) in [6.45, 7) is 2.51. The molecule has 2 heterocycles. The number of nitrogens with zero attached hydrogens (tertiary/aromatic N) is 1. The van der Waals surface area contributed by atoms with Crippen molar-refractivity contribution in [3.63, 3.8) is 0 Å². The Bertz CT molecular complexity index is 1460. The number of carbonyl (C=O) groups is 1. The van der Waals surface area contributed by atoms with Crippen molar-refractivity contribution in [1.29, 1.82) is 0 Å². The van der Waals surface area contributed by atoms with Gasteiger partial charge in [-0.1, -0.05) is 36.4 Å². The minimum atomic E-state index is -0.751. The molecule has 0 N–H and O–H groups in total. The summed E-state index contributed by atoms with van der Waals surface area (Å²) in [5.74, 6) is -1.22. The van der Waals surface area contributed by atoms with E-state index in [0.29, 0.717) is 48.2 Å². The third kappa shape index (κ3) is 4.41. The van der Waals surface area contributed by atoms with Crippen LogP contribution in [-0.4, -0.2) is 30.0 Å². The quantitative estimate of drug-likeness (QED) is 0.378. The van der Waals surface area contributed by atoms with Crippen molar-refractivity contribution in [3.05, 3.63) is 99.7 Å². The van der Waals surface area contributed by atoms with Crippen LogP contribution in [0.1, 0.15) is 28.8 Å². The van der Waals surface area contributed by atoms with Crippen LogP contribution in [0.25, 0.3) is 22.3 Å². The van der Waals surface area contributed by atoms with Gasteiger partial charge in [-0.25, -0.2) is 8.78 Å². The highest BCUT2D eigenvalue weighted by atomic mass is 19.1. The lowest BCUT2D eigenvalue weighted by molar-refractivity contribution is 0.0589. The fourth-order valence-electron chi connectivity index (χ4n) is 4.44. The van der Waals surface area contributed by atoms with Gasteiger partial charge in [0, 0.05) is 43.1 Å². The summed E-state index contributed by atoms with van der Waals surface area (Å²) in [7, 11) is 0. The fourth-order valence-corrected chi connectivity index (χ4v) is 4.44. The average molecular weight is 475 g/mol. The molecule has 5 nitrogen and oxygen atoms in total. The summed E-state index contributed by atoms with van der Waals surface area (Å²) in [6, 6.07) is 17.5. The molecule has 0 bridgehead atoms. The van der Waals surface area contributed by atoms with Gasteiger partial charge in [0.1, 0.15) is 17.7 Å². The van der Waals surface area contributed by atoms with Gasteiger partial charge in [-0.15, -0.1) is 0 Å². The van der Waals surface area contributed by atoms with Gasteiger partial charge in [0.25, 0.3) is 5.91 Å². The maximum Gasteiger partial charge on any atom is 0.257 e. The molecular formula is C28H23F2NO4. The summed E-state index contributed by atoms with van der Waals surface area (Å²) >= 11 is 0. The van der Waals surface area contributed by atoms with Crippen molar-refractivity contribution in [2.24, 2.45) is 0 Å². The Labute approximate surface area is 200 Å². The van der Waals surface area contributed by atoms with Crippen molar-refractivity contribution in [3.8, 4) is 17.1 Å². The zero-order valence-electron chi connectivity index (χ0n) is 19.1. The van der Waals surface area contributed by atoms with Crippen molar-refractivity contribution < 1.29 is 22.7 Å². The maximum absolute atomic E-state index is 13.9. The van der Waals surface area contributed by atoms with Crippen molar-refractivity contribution in [2.75, 3.05) is 13.1 Å². The van der Waals surface area contributed by atoms with Crippen molar-refractivity contribution in [1.82, 2.24) is 4.90 Å². The van der Waals surface area contributed by atoms with E-state index in [9.17, 15) is 18.4 Å². The van der Waals surface area contributed by atoms with Gasteiger partial charge < -0.3 is 14.1 Å². The first-order chi connectivity index (χ1) is 16.9. The van der Waals surface area contributed by atoms with E-state index in [1.807, 2.05) is 30.3 Å². The van der Waals surface area contributed by atoms with E-state index in [2.05, 4.69) is 0 Å². The molecule has 35 heavy (non-hydrogen) atoms. The van der Waals surface area contributed by atoms with Crippen LogP contribution in [0, 0.1) is 18.6 Å². The molecule has 1 saturated heterocycles. The van der Waals surface area contributed by atoms with Crippen LogP contribution < -0.4 is 10.2 Å². The van der Waals surface area contributed by atoms with Crippen molar-refractivity contribution in [2.45, 2.75) is 25.9 Å². The molecule has 4 aromatic rings. The highest BCUT2D eigenvalue weighted by Gasteiger charge is 2.27. The molecule has 0 aliphatic carbocycles. The van der Waals surface area contributed by atoms with E-state index in [1.165, 1.54) is 6.07 Å². The van der Waals surface area contributed by atoms with Crippen LogP contribution >= 0.6 is 0 Å². The normalized spacial score (nSPS) is 14.3. The molecule has 0 atom stereocenters. The number of fused-ring (bicyclic) bond motifs is 1. The molecule has 0 radical (unpaired) electrons. The smallest absolute Gasteiger partial charge is 0.257 e. The van der Waals surface area contributed by atoms with Crippen LogP contribution in [0.4, 0.5) is 8.78 Å². The Balaban J connectivity index is 1.39. The van der Waals surface area contributed by atoms with E-state index >= 15 is 0 Å². The Morgan fingerprint density at radius 3 is 2.46 bits per heavy atom. The number of ether oxygens (including phenoxy) is 1. The number of likely N-dealkylation sites (tertiary alicyclic amines) is 1. The summed E-state index contributed by atoms with van der Waals surface area (Å²) in [4.78, 5) is 28.2. The average Bonchev–Trinajstić information content (AvgIpc) is 2.88. The number of rotatable bonds is 4. The van der Waals surface area contributed by atoms with Crippen LogP contribution in [0.2, 0.25) is 0 Å². The summed E-state index contributed by atoms with van der Waals surface area (Å²) in [5, 5.41) is 0.359. The van der Waals surface area contributed by atoms with Crippen LogP contribution in [0.15, 0.2) is 75.9 Å². The molecule has 7 heteroatoms. The third-order valence-electron chi connectivity index (χ3n) is 6.33. The summed E-state index contributed by atoms with van der Waals surface area (Å²) < 4.78 is 39.0. The van der Waals surface area contributed by atoms with E-state index in [0.717, 1.165) is 17.7 Å². The Morgan fingerprint density at radius 1 is 1.00 bits per heavy atom. The molecule has 178 valence electrons. The van der Waals surface area contributed by atoms with Gasteiger partial charge in [-0.05, 0) is 31.2 Å². The summed E-state index contributed by atoms with van der Waals surface area (Å²) in [6.07, 6.45) is 0.689. The first-order valence-electron chi connectivity index (χ1n) is 11.4. The van der Waals surface area contributed by atoms with Gasteiger partial charge in [0.2, 0.25) is 0 Å². The molecule has 0 saturated carbocycles. The number of hydrogen-bond donors (Lipinski definition) is 0. The molecule has 0 unspecified atom stereocenters. The SMILES string of the molecule is Cc1c(-c2ccccc2)oc2c(C(=O)N3CCC(Oc4ccc(F)cc4F)CC3)cccc2c1=O. The topological polar surface area (TPSA) is 59.8 Å². The number of amides is 1. The minimum Gasteiger partial charge on any atom is -0.487 e. The van der Waals surface area contributed by atoms with Gasteiger partial charge in [0.05, 0.1) is 10.9 Å². The highest BCUT2D eigenvalue weighted by Crippen LogP contribution is 2.29. The van der Waals surface area contributed by atoms with Gasteiger partial charge in [0.15, 0.2) is 22.6 Å². The van der Waals surface area contributed by atoms with Crippen LogP contribution in [0.3, 0.4) is 0 Å². The van der Waals surface area contributed by atoms with Gasteiger partial charge in [-0.2, -0.15) is 0 Å². The summed E-state index contributed by atoms with van der Waals surface area (Å²) in [5.41, 5.74) is 1.66. The second-order valence-corrected chi connectivity index (χ2v) is 8.62. The second-order valence-electron chi connectivity index (χ2n) is 8.62. The number of halogens is 2. The Hall–Kier alpha value is -4.00. The molecule has 1 aliphatic rings. The Morgan fingerprint density at radius 2 is 1.74 bits per heavy atom. The molecule has 1 amide bonds. The van der Waals surface area contributed by atoms with E-state index in [1.54, 1.807) is 30.0 Å². The second kappa shape index (κ2) is 9.33. The number of benzene rings is 3. The lowest BCUT2D eigenvalue weighted by Gasteiger charge is -2.32. The molecular weight excluding hydrogens is 452 g/mol. The fraction of sp³-hybridized carbons (Fsp3) is 0.214. The van der Waals surface area contributed by atoms with Crippen molar-refractivity contribution >= 4 is 16.9 Å². The minimum absolute atomic E-state index is 0.00387. The highest BCUT2D eigenvalue weighted by molar-refractivity contribution is 6.05. The van der Waals surface area contributed by atoms with E-state index in [-0.39, 0.29) is 28.8 Å². The zero-order valence-corrected chi connectivity index (χ0v) is 19.1.